The van der Waals surface area contributed by atoms with Gasteiger partial charge in [0.1, 0.15) is 0 Å². The zero-order valence-corrected chi connectivity index (χ0v) is 8.53. The van der Waals surface area contributed by atoms with E-state index in [0.717, 1.165) is 13.1 Å². The molecule has 2 atom stereocenters. The van der Waals surface area contributed by atoms with Crippen LogP contribution in [0.3, 0.4) is 0 Å². The normalized spacial score (nSPS) is 33.5. The highest BCUT2D eigenvalue weighted by Crippen LogP contribution is 2.51. The first-order valence-corrected chi connectivity index (χ1v) is 5.45. The average molecular weight is 205 g/mol. The molecule has 1 aliphatic carbocycles. The van der Waals surface area contributed by atoms with E-state index in [4.69, 9.17) is 0 Å². The molecule has 0 aromatic heterocycles. The fourth-order valence-corrected chi connectivity index (χ4v) is 3.01. The Kier molecular flexibility index (Phi) is 1.74. The maximum atomic E-state index is 9.51. The summed E-state index contributed by atoms with van der Waals surface area (Å²) in [6.07, 6.45) is 2.46. The molecule has 0 spiro atoms. The molecule has 2 unspecified atom stereocenters. The molecule has 3 nitrogen and oxygen atoms in total. The lowest BCUT2D eigenvalue weighted by atomic mass is 9.58. The molecule has 1 saturated carbocycles. The maximum Gasteiger partial charge on any atom is 0.157 e. The highest BCUT2D eigenvalue weighted by Gasteiger charge is 2.50. The van der Waals surface area contributed by atoms with Gasteiger partial charge in [-0.05, 0) is 43.0 Å². The Labute approximate surface area is 88.7 Å². The quantitative estimate of drug-likeness (QED) is 0.607. The summed E-state index contributed by atoms with van der Waals surface area (Å²) in [6.45, 7) is 2.09. The summed E-state index contributed by atoms with van der Waals surface area (Å²) in [4.78, 5) is 0. The van der Waals surface area contributed by atoms with Crippen molar-refractivity contribution in [3.63, 3.8) is 0 Å². The monoisotopic (exact) mass is 205 g/mol. The predicted octanol–water partition coefficient (Wildman–Crippen LogP) is 1.35. The van der Waals surface area contributed by atoms with Crippen molar-refractivity contribution in [2.45, 2.75) is 18.3 Å². The summed E-state index contributed by atoms with van der Waals surface area (Å²) in [7, 11) is 0. The number of fused-ring (bicyclic) bond motifs is 1. The van der Waals surface area contributed by atoms with Gasteiger partial charge >= 0.3 is 0 Å². The van der Waals surface area contributed by atoms with Crippen LogP contribution in [0.25, 0.3) is 0 Å². The number of nitrogens with one attached hydrogen (secondary N) is 1. The lowest BCUT2D eigenvalue weighted by Gasteiger charge is -2.44. The second-order valence-corrected chi connectivity index (χ2v) is 4.73. The van der Waals surface area contributed by atoms with Crippen LogP contribution in [-0.4, -0.2) is 23.3 Å². The van der Waals surface area contributed by atoms with Gasteiger partial charge in [-0.3, -0.25) is 0 Å². The molecule has 3 heteroatoms. The first-order chi connectivity index (χ1) is 7.22. The van der Waals surface area contributed by atoms with Crippen molar-refractivity contribution in [2.24, 2.45) is 5.92 Å². The number of benzene rings is 1. The Hall–Kier alpha value is -1.22. The number of phenols is 2. The van der Waals surface area contributed by atoms with E-state index >= 15 is 0 Å². The summed E-state index contributed by atoms with van der Waals surface area (Å²) in [5.41, 5.74) is 1.39. The van der Waals surface area contributed by atoms with Gasteiger partial charge in [-0.1, -0.05) is 6.07 Å². The Bertz CT molecular complexity index is 405. The van der Waals surface area contributed by atoms with E-state index in [9.17, 15) is 10.2 Å². The number of hydrogen-bond acceptors (Lipinski definition) is 3. The van der Waals surface area contributed by atoms with Crippen LogP contribution >= 0.6 is 0 Å². The number of phenolic OH excluding ortho intramolecular Hbond substituents is 2. The van der Waals surface area contributed by atoms with E-state index < -0.39 is 0 Å². The smallest absolute Gasteiger partial charge is 0.157 e. The average Bonchev–Trinajstić information content (AvgIpc) is 2.48. The van der Waals surface area contributed by atoms with Gasteiger partial charge in [0.2, 0.25) is 0 Å². The van der Waals surface area contributed by atoms with Crippen molar-refractivity contribution in [3.8, 4) is 11.5 Å². The van der Waals surface area contributed by atoms with E-state index in [0.29, 0.717) is 5.92 Å². The van der Waals surface area contributed by atoms with Crippen LogP contribution in [0.4, 0.5) is 0 Å². The van der Waals surface area contributed by atoms with E-state index in [2.05, 4.69) is 5.32 Å². The van der Waals surface area contributed by atoms with Crippen LogP contribution in [0.15, 0.2) is 18.2 Å². The first kappa shape index (κ1) is 9.04. The van der Waals surface area contributed by atoms with Crippen molar-refractivity contribution < 1.29 is 10.2 Å². The fourth-order valence-electron chi connectivity index (χ4n) is 3.01. The van der Waals surface area contributed by atoms with E-state index in [1.165, 1.54) is 18.4 Å². The van der Waals surface area contributed by atoms with Crippen LogP contribution in [0.2, 0.25) is 0 Å². The van der Waals surface area contributed by atoms with Crippen molar-refractivity contribution in [3.05, 3.63) is 23.8 Å². The van der Waals surface area contributed by atoms with Gasteiger partial charge < -0.3 is 15.5 Å². The van der Waals surface area contributed by atoms with Crippen LogP contribution in [0.5, 0.6) is 11.5 Å². The van der Waals surface area contributed by atoms with Gasteiger partial charge in [-0.25, -0.2) is 0 Å². The van der Waals surface area contributed by atoms with E-state index in [-0.39, 0.29) is 16.9 Å². The van der Waals surface area contributed by atoms with E-state index in [1.807, 2.05) is 6.07 Å². The zero-order valence-electron chi connectivity index (χ0n) is 8.53. The molecule has 3 N–H and O–H groups in total. The Morgan fingerprint density at radius 3 is 2.73 bits per heavy atom. The molecule has 1 aromatic carbocycles. The van der Waals surface area contributed by atoms with Gasteiger partial charge in [0.25, 0.3) is 0 Å². The highest BCUT2D eigenvalue weighted by atomic mass is 16.3. The Morgan fingerprint density at radius 1 is 1.27 bits per heavy atom. The minimum atomic E-state index is -0.0306. The number of hydrogen-bond donors (Lipinski definition) is 3. The molecule has 2 aliphatic rings. The summed E-state index contributed by atoms with van der Waals surface area (Å²) >= 11 is 0. The molecule has 1 aliphatic heterocycles. The third kappa shape index (κ3) is 1.10. The van der Waals surface area contributed by atoms with Crippen molar-refractivity contribution in [1.82, 2.24) is 5.32 Å². The minimum absolute atomic E-state index is 0.000532. The molecule has 3 rings (SSSR count). The molecule has 1 heterocycles. The number of aromatic hydroxyl groups is 2. The van der Waals surface area contributed by atoms with Crippen molar-refractivity contribution >= 4 is 0 Å². The van der Waals surface area contributed by atoms with Crippen LogP contribution < -0.4 is 5.32 Å². The summed E-state index contributed by atoms with van der Waals surface area (Å²) < 4.78 is 0. The molecule has 1 aromatic rings. The SMILES string of the molecule is Oc1ccc(C23CCC2CNC3)cc1O. The van der Waals surface area contributed by atoms with E-state index in [1.54, 1.807) is 12.1 Å². The highest BCUT2D eigenvalue weighted by molar-refractivity contribution is 5.45. The zero-order chi connectivity index (χ0) is 10.5. The lowest BCUT2D eigenvalue weighted by molar-refractivity contribution is 0.181. The molecule has 1 saturated heterocycles. The molecular formula is C12H15NO2. The first-order valence-electron chi connectivity index (χ1n) is 5.45. The third-order valence-corrected chi connectivity index (χ3v) is 4.10. The summed E-state index contributed by atoms with van der Waals surface area (Å²) in [5.74, 6) is 0.679. The minimum Gasteiger partial charge on any atom is -0.504 e. The van der Waals surface area contributed by atoms with Gasteiger partial charge in [-0.15, -0.1) is 0 Å². The Balaban J connectivity index is 2.02. The standard InChI is InChI=1S/C12H15NO2/c14-10-2-1-8(5-11(10)15)12-4-3-9(12)6-13-7-12/h1-2,5,9,13-15H,3-4,6-7H2. The second kappa shape index (κ2) is 2.89. The van der Waals surface area contributed by atoms with Crippen LogP contribution in [-0.2, 0) is 5.41 Å². The molecule has 0 radical (unpaired) electrons. The van der Waals surface area contributed by atoms with Gasteiger partial charge in [0, 0.05) is 12.0 Å². The molecule has 80 valence electrons. The predicted molar refractivity (Wildman–Crippen MR) is 57.0 cm³/mol. The number of rotatable bonds is 1. The van der Waals surface area contributed by atoms with Gasteiger partial charge in [0.15, 0.2) is 11.5 Å². The lowest BCUT2D eigenvalue weighted by Crippen LogP contribution is -2.43. The second-order valence-electron chi connectivity index (χ2n) is 4.73. The maximum absolute atomic E-state index is 9.51. The topological polar surface area (TPSA) is 52.5 Å². The van der Waals surface area contributed by atoms with Gasteiger partial charge in [0.05, 0.1) is 0 Å². The van der Waals surface area contributed by atoms with Crippen molar-refractivity contribution in [1.29, 1.82) is 0 Å². The molecule has 0 bridgehead atoms. The molecule has 0 amide bonds. The summed E-state index contributed by atoms with van der Waals surface area (Å²) in [6, 6.07) is 5.25. The Morgan fingerprint density at radius 2 is 2.13 bits per heavy atom. The van der Waals surface area contributed by atoms with Crippen LogP contribution in [0.1, 0.15) is 18.4 Å². The largest absolute Gasteiger partial charge is 0.504 e. The molecular weight excluding hydrogens is 190 g/mol. The van der Waals surface area contributed by atoms with Crippen LogP contribution in [0, 0.1) is 5.92 Å². The molecule has 15 heavy (non-hydrogen) atoms. The van der Waals surface area contributed by atoms with Gasteiger partial charge in [-0.2, -0.15) is 0 Å². The third-order valence-electron chi connectivity index (χ3n) is 4.10. The molecule has 2 fully saturated rings. The fraction of sp³-hybridized carbons (Fsp3) is 0.500. The van der Waals surface area contributed by atoms with Crippen molar-refractivity contribution in [2.75, 3.05) is 13.1 Å². The summed E-state index contributed by atoms with van der Waals surface area (Å²) in [5, 5.41) is 22.2.